The van der Waals surface area contributed by atoms with Crippen molar-refractivity contribution in [1.82, 2.24) is 10.2 Å². The van der Waals surface area contributed by atoms with Crippen LogP contribution in [0.5, 0.6) is 0 Å². The summed E-state index contributed by atoms with van der Waals surface area (Å²) < 4.78 is 156. The maximum absolute atomic E-state index is 13.1. The fraction of sp³-hybridized carbons (Fsp3) is 0.818. The Morgan fingerprint density at radius 3 is 1.44 bits per heavy atom. The molecule has 2 rings (SSSR count). The van der Waals surface area contributed by atoms with Crippen LogP contribution in [0.25, 0.3) is 0 Å². The van der Waals surface area contributed by atoms with Gasteiger partial charge in [0.05, 0.1) is 6.17 Å². The van der Waals surface area contributed by atoms with Gasteiger partial charge in [-0.25, -0.2) is 0 Å². The molecule has 0 aromatic heterocycles. The first-order chi connectivity index (χ1) is 10.8. The van der Waals surface area contributed by atoms with Crippen molar-refractivity contribution < 1.29 is 52.7 Å². The van der Waals surface area contributed by atoms with Gasteiger partial charge in [-0.1, -0.05) is 6.58 Å². The van der Waals surface area contributed by atoms with Crippen LogP contribution >= 0.6 is 0 Å². The van der Waals surface area contributed by atoms with Crippen LogP contribution in [0, 0.1) is 5.41 Å². The van der Waals surface area contributed by atoms with E-state index < -0.39 is 60.5 Å². The lowest BCUT2D eigenvalue weighted by Gasteiger charge is -2.38. The second-order valence-electron chi connectivity index (χ2n) is 5.78. The monoisotopic (exact) mass is 396 g/mol. The van der Waals surface area contributed by atoms with Crippen LogP contribution in [0.1, 0.15) is 0 Å². The van der Waals surface area contributed by atoms with Gasteiger partial charge < -0.3 is 0 Å². The van der Waals surface area contributed by atoms with Gasteiger partial charge in [0.1, 0.15) is 0 Å². The Labute approximate surface area is 131 Å². The Balaban J connectivity index is 2.52. The predicted octanol–water partition coefficient (Wildman–Crippen LogP) is 3.76. The van der Waals surface area contributed by atoms with Gasteiger partial charge in [-0.05, 0) is 5.57 Å². The van der Waals surface area contributed by atoms with Crippen molar-refractivity contribution in [1.29, 1.82) is 0 Å². The van der Waals surface area contributed by atoms with Crippen molar-refractivity contribution in [3.05, 3.63) is 12.2 Å². The molecule has 2 fully saturated rings. The molecule has 1 unspecified atom stereocenters. The molecule has 0 radical (unpaired) electrons. The maximum atomic E-state index is 13.1. The van der Waals surface area contributed by atoms with E-state index in [1.165, 1.54) is 0 Å². The van der Waals surface area contributed by atoms with Crippen molar-refractivity contribution in [3.8, 4) is 0 Å². The Morgan fingerprint density at radius 1 is 0.760 bits per heavy atom. The largest absolute Gasteiger partial charge is 0.416 e. The third kappa shape index (κ3) is 2.43. The fourth-order valence-electron chi connectivity index (χ4n) is 3.07. The van der Waals surface area contributed by atoms with E-state index in [-0.39, 0.29) is 4.90 Å². The molecule has 0 aromatic carbocycles. The Hall–Kier alpha value is -1.18. The maximum Gasteiger partial charge on any atom is 0.416 e. The minimum Gasteiger partial charge on any atom is -0.280 e. The van der Waals surface area contributed by atoms with E-state index >= 15 is 0 Å². The van der Waals surface area contributed by atoms with Crippen LogP contribution in [0.2, 0.25) is 0 Å². The molecule has 2 nitrogen and oxygen atoms in total. The summed E-state index contributed by atoms with van der Waals surface area (Å²) in [6, 6.07) is 0. The van der Waals surface area contributed by atoms with E-state index in [2.05, 4.69) is 6.58 Å². The van der Waals surface area contributed by atoms with Crippen molar-refractivity contribution >= 4 is 0 Å². The standard InChI is InChI=1S/C11H8F12N2/c1-4-5-24-7(10(18,19)20,11(21,22)23)3-25(5)2-6(4,8(12,13)14)9(15,16)17/h5,24H,1-3H2. The highest BCUT2D eigenvalue weighted by Gasteiger charge is 2.82. The first-order valence-electron chi connectivity index (χ1n) is 6.30. The van der Waals surface area contributed by atoms with Crippen molar-refractivity contribution in [2.45, 2.75) is 36.4 Å². The Morgan fingerprint density at radius 2 is 1.16 bits per heavy atom. The molecule has 2 aliphatic heterocycles. The lowest BCUT2D eigenvalue weighted by molar-refractivity contribution is -0.324. The summed E-state index contributed by atoms with van der Waals surface area (Å²) in [6.07, 6.45) is -26.6. The predicted molar refractivity (Wildman–Crippen MR) is 57.0 cm³/mol. The lowest BCUT2D eigenvalue weighted by atomic mass is 9.80. The highest BCUT2D eigenvalue weighted by Crippen LogP contribution is 2.61. The molecule has 25 heavy (non-hydrogen) atoms. The van der Waals surface area contributed by atoms with Crippen LogP contribution in [-0.2, 0) is 0 Å². The van der Waals surface area contributed by atoms with Crippen molar-refractivity contribution in [3.63, 3.8) is 0 Å². The Kier molecular flexibility index (Phi) is 3.99. The van der Waals surface area contributed by atoms with E-state index in [1.54, 1.807) is 0 Å². The van der Waals surface area contributed by atoms with Gasteiger partial charge in [0.25, 0.3) is 0 Å². The second-order valence-corrected chi connectivity index (χ2v) is 5.78. The highest BCUT2D eigenvalue weighted by molar-refractivity contribution is 5.33. The number of hydrogen-bond donors (Lipinski definition) is 1. The molecule has 2 saturated heterocycles. The topological polar surface area (TPSA) is 15.3 Å². The van der Waals surface area contributed by atoms with Gasteiger partial charge in [-0.15, -0.1) is 0 Å². The number of halogens is 12. The fourth-order valence-corrected chi connectivity index (χ4v) is 3.07. The molecule has 2 heterocycles. The van der Waals surface area contributed by atoms with Gasteiger partial charge in [0.2, 0.25) is 5.54 Å². The summed E-state index contributed by atoms with van der Waals surface area (Å²) in [7, 11) is 0. The number of fused-ring (bicyclic) bond motifs is 1. The van der Waals surface area contributed by atoms with Gasteiger partial charge >= 0.3 is 24.7 Å². The smallest absolute Gasteiger partial charge is 0.280 e. The molecule has 0 amide bonds. The molecule has 1 N–H and O–H groups in total. The average molecular weight is 396 g/mol. The van der Waals surface area contributed by atoms with Crippen LogP contribution in [-0.4, -0.2) is 54.4 Å². The minimum atomic E-state index is -6.01. The highest BCUT2D eigenvalue weighted by atomic mass is 19.4. The molecule has 1 atom stereocenters. The number of nitrogens with zero attached hydrogens (tertiary/aromatic N) is 1. The SMILES string of the molecule is C=C1C2NC(C(F)(F)F)(C(F)(F)F)CN2CC1(C(F)(F)F)C(F)(F)F. The van der Waals surface area contributed by atoms with Crippen LogP contribution in [0.4, 0.5) is 52.7 Å². The molecular formula is C11H8F12N2. The van der Waals surface area contributed by atoms with Crippen molar-refractivity contribution in [2.24, 2.45) is 5.41 Å². The second kappa shape index (κ2) is 4.96. The number of alkyl halides is 12. The molecule has 0 spiro atoms. The van der Waals surface area contributed by atoms with E-state index in [9.17, 15) is 52.7 Å². The molecule has 2 aliphatic rings. The zero-order chi connectivity index (χ0) is 19.9. The van der Waals surface area contributed by atoms with E-state index in [1.807, 2.05) is 0 Å². The molecular weight excluding hydrogens is 388 g/mol. The molecule has 14 heteroatoms. The van der Waals surface area contributed by atoms with Crippen molar-refractivity contribution in [2.75, 3.05) is 13.1 Å². The summed E-state index contributed by atoms with van der Waals surface area (Å²) in [4.78, 5) is -0.190. The minimum absolute atomic E-state index is 0.190. The van der Waals surface area contributed by atoms with Gasteiger partial charge in [0.15, 0.2) is 5.41 Å². The lowest BCUT2D eigenvalue weighted by Crippen LogP contribution is -2.67. The zero-order valence-corrected chi connectivity index (χ0v) is 11.7. The summed E-state index contributed by atoms with van der Waals surface area (Å²) in [5, 5.41) is 0.871. The van der Waals surface area contributed by atoms with E-state index in [0.717, 1.165) is 5.32 Å². The van der Waals surface area contributed by atoms with E-state index in [0.29, 0.717) is 0 Å². The van der Waals surface area contributed by atoms with Gasteiger partial charge in [0, 0.05) is 13.1 Å². The number of rotatable bonds is 0. The molecule has 0 aromatic rings. The molecule has 0 bridgehead atoms. The summed E-state index contributed by atoms with van der Waals surface area (Å²) in [5.41, 5.74) is -11.1. The number of hydrogen-bond acceptors (Lipinski definition) is 2. The first kappa shape index (κ1) is 20.1. The molecule has 0 saturated carbocycles. The summed E-state index contributed by atoms with van der Waals surface area (Å²) in [6.45, 7) is -1.77. The third-order valence-electron chi connectivity index (χ3n) is 4.44. The Bertz CT molecular complexity index is 538. The quantitative estimate of drug-likeness (QED) is 0.496. The van der Waals surface area contributed by atoms with Gasteiger partial charge in [-0.2, -0.15) is 52.7 Å². The number of nitrogens with one attached hydrogen (secondary N) is 1. The van der Waals surface area contributed by atoms with Crippen LogP contribution in [0.3, 0.4) is 0 Å². The zero-order valence-electron chi connectivity index (χ0n) is 11.7. The average Bonchev–Trinajstić information content (AvgIpc) is 2.81. The molecule has 0 aliphatic carbocycles. The summed E-state index contributed by atoms with van der Waals surface area (Å²) >= 11 is 0. The first-order valence-corrected chi connectivity index (χ1v) is 6.30. The van der Waals surface area contributed by atoms with E-state index in [4.69, 9.17) is 0 Å². The van der Waals surface area contributed by atoms with Gasteiger partial charge in [-0.3, -0.25) is 10.2 Å². The summed E-state index contributed by atoms with van der Waals surface area (Å²) in [5.74, 6) is 0. The molecule has 146 valence electrons. The third-order valence-corrected chi connectivity index (χ3v) is 4.44. The normalized spacial score (nSPS) is 27.7. The van der Waals surface area contributed by atoms with Crippen LogP contribution in [0.15, 0.2) is 12.2 Å². The van der Waals surface area contributed by atoms with Crippen LogP contribution < -0.4 is 5.32 Å².